The molecule has 1 aliphatic rings. The van der Waals surface area contributed by atoms with Crippen LogP contribution in [0.4, 0.5) is 0 Å². The van der Waals surface area contributed by atoms with E-state index in [1.165, 1.54) is 18.2 Å². The van der Waals surface area contributed by atoms with Crippen LogP contribution >= 0.6 is 0 Å². The van der Waals surface area contributed by atoms with Gasteiger partial charge in [-0.25, -0.2) is 4.79 Å². The molecule has 29 heavy (non-hydrogen) atoms. The molecule has 0 heterocycles. The lowest BCUT2D eigenvalue weighted by atomic mass is 9.89. The monoisotopic (exact) mass is 398 g/mol. The minimum Gasteiger partial charge on any atom is -0.508 e. The molecule has 3 N–H and O–H groups in total. The van der Waals surface area contributed by atoms with Crippen molar-refractivity contribution >= 4 is 12.0 Å². The summed E-state index contributed by atoms with van der Waals surface area (Å²) in [4.78, 5) is 12.1. The first-order valence-electron chi connectivity index (χ1n) is 9.61. The summed E-state index contributed by atoms with van der Waals surface area (Å²) in [5.41, 5.74) is 2.90. The van der Waals surface area contributed by atoms with E-state index in [4.69, 9.17) is 9.47 Å². The van der Waals surface area contributed by atoms with E-state index in [9.17, 15) is 20.1 Å². The summed E-state index contributed by atoms with van der Waals surface area (Å²) < 4.78 is 11.2. The number of carbonyl (C=O) groups is 1. The van der Waals surface area contributed by atoms with Crippen LogP contribution < -0.4 is 0 Å². The van der Waals surface area contributed by atoms with Gasteiger partial charge in [0, 0.05) is 18.9 Å². The average molecular weight is 398 g/mol. The zero-order chi connectivity index (χ0) is 20.8. The lowest BCUT2D eigenvalue weighted by Gasteiger charge is -2.36. The van der Waals surface area contributed by atoms with Crippen LogP contribution in [0.3, 0.4) is 0 Å². The van der Waals surface area contributed by atoms with Crippen molar-refractivity contribution in [2.24, 2.45) is 0 Å². The van der Waals surface area contributed by atoms with Crippen LogP contribution in [0.5, 0.6) is 5.75 Å². The molecule has 2 aromatic rings. The minimum absolute atomic E-state index is 0.140. The van der Waals surface area contributed by atoms with Crippen molar-refractivity contribution in [2.45, 2.75) is 50.8 Å². The molecule has 1 fully saturated rings. The summed E-state index contributed by atoms with van der Waals surface area (Å²) in [6.07, 6.45) is 0.0483. The lowest BCUT2D eigenvalue weighted by molar-refractivity contribution is -0.171. The zero-order valence-corrected chi connectivity index (χ0v) is 16.3. The molecule has 0 bridgehead atoms. The fraction of sp³-hybridized carbons (Fsp3) is 0.348. The number of esters is 1. The Bertz CT molecular complexity index is 827. The van der Waals surface area contributed by atoms with Gasteiger partial charge >= 0.3 is 5.97 Å². The van der Waals surface area contributed by atoms with E-state index in [0.29, 0.717) is 13.0 Å². The number of hydrogen-bond donors (Lipinski definition) is 3. The highest BCUT2D eigenvalue weighted by Crippen LogP contribution is 2.26. The molecule has 0 aromatic heterocycles. The van der Waals surface area contributed by atoms with Crippen molar-refractivity contribution in [3.05, 3.63) is 71.3 Å². The Morgan fingerprint density at radius 1 is 1.07 bits per heavy atom. The van der Waals surface area contributed by atoms with Gasteiger partial charge in [-0.3, -0.25) is 0 Å². The van der Waals surface area contributed by atoms with E-state index >= 15 is 0 Å². The number of aryl methyl sites for hydroxylation is 1. The third-order valence-corrected chi connectivity index (χ3v) is 4.95. The van der Waals surface area contributed by atoms with Crippen molar-refractivity contribution in [3.63, 3.8) is 0 Å². The molecule has 0 amide bonds. The van der Waals surface area contributed by atoms with Gasteiger partial charge in [-0.05, 0) is 36.3 Å². The molecular formula is C23H26O6. The number of aliphatic hydroxyl groups excluding tert-OH is 2. The number of benzene rings is 2. The van der Waals surface area contributed by atoms with Crippen LogP contribution in [0.25, 0.3) is 6.08 Å². The Morgan fingerprint density at radius 2 is 1.76 bits per heavy atom. The highest BCUT2D eigenvalue weighted by atomic mass is 16.6. The van der Waals surface area contributed by atoms with Crippen molar-refractivity contribution in [2.75, 3.05) is 0 Å². The van der Waals surface area contributed by atoms with E-state index in [1.807, 2.05) is 31.2 Å². The van der Waals surface area contributed by atoms with Gasteiger partial charge in [0.1, 0.15) is 18.0 Å². The largest absolute Gasteiger partial charge is 0.508 e. The lowest BCUT2D eigenvalue weighted by Crippen LogP contribution is -2.48. The molecule has 4 atom stereocenters. The number of aliphatic hydroxyl groups is 2. The first kappa shape index (κ1) is 21.0. The molecule has 1 saturated carbocycles. The van der Waals surface area contributed by atoms with Gasteiger partial charge in [0.2, 0.25) is 0 Å². The molecule has 0 aliphatic heterocycles. The van der Waals surface area contributed by atoms with Gasteiger partial charge in [0.05, 0.1) is 18.8 Å². The Balaban J connectivity index is 1.54. The summed E-state index contributed by atoms with van der Waals surface area (Å²) >= 11 is 0. The van der Waals surface area contributed by atoms with E-state index in [0.717, 1.165) is 16.7 Å². The molecule has 6 nitrogen and oxygen atoms in total. The standard InChI is InChI=1S/C23H26O6/c1-15-2-4-17(5-3-15)14-28-19-12-20(25)23(27)21(13-19)29-22(26)11-8-16-6-9-18(24)10-7-16/h2-11,19-21,23-25,27H,12-14H2,1H3/b11-8+/t19-,20-,21+,23+/m0/s1. The predicted molar refractivity (Wildman–Crippen MR) is 108 cm³/mol. The fourth-order valence-electron chi connectivity index (χ4n) is 3.24. The van der Waals surface area contributed by atoms with Crippen LogP contribution in [0.2, 0.25) is 0 Å². The highest BCUT2D eigenvalue weighted by Gasteiger charge is 2.38. The number of phenolic OH excluding ortho intramolecular Hbond substituents is 1. The van der Waals surface area contributed by atoms with Crippen molar-refractivity contribution in [3.8, 4) is 5.75 Å². The zero-order valence-electron chi connectivity index (χ0n) is 16.3. The molecule has 154 valence electrons. The minimum atomic E-state index is -1.15. The second kappa shape index (κ2) is 9.69. The molecule has 0 saturated heterocycles. The van der Waals surface area contributed by atoms with E-state index in [2.05, 4.69) is 0 Å². The molecular weight excluding hydrogens is 372 g/mol. The average Bonchev–Trinajstić information content (AvgIpc) is 2.70. The van der Waals surface area contributed by atoms with Gasteiger partial charge in [0.25, 0.3) is 0 Å². The molecule has 3 rings (SSSR count). The molecule has 2 aromatic carbocycles. The van der Waals surface area contributed by atoms with Gasteiger partial charge in [0.15, 0.2) is 0 Å². The summed E-state index contributed by atoms with van der Waals surface area (Å²) in [6.45, 7) is 2.40. The SMILES string of the molecule is Cc1ccc(CO[C@H]2C[C@H](O)[C@@H](O)[C@H](OC(=O)/C=C/c3ccc(O)cc3)C2)cc1. The molecule has 1 aliphatic carbocycles. The van der Waals surface area contributed by atoms with Crippen LogP contribution in [-0.2, 0) is 20.9 Å². The quantitative estimate of drug-likeness (QED) is 0.512. The summed E-state index contributed by atoms with van der Waals surface area (Å²) in [7, 11) is 0. The summed E-state index contributed by atoms with van der Waals surface area (Å²) in [5, 5.41) is 29.6. The molecule has 0 unspecified atom stereocenters. The second-order valence-electron chi connectivity index (χ2n) is 7.35. The van der Waals surface area contributed by atoms with Gasteiger partial charge in [-0.2, -0.15) is 0 Å². The summed E-state index contributed by atoms with van der Waals surface area (Å²) in [5.74, 6) is -0.478. The number of rotatable bonds is 6. The maximum atomic E-state index is 12.1. The van der Waals surface area contributed by atoms with Crippen LogP contribution in [0.1, 0.15) is 29.5 Å². The van der Waals surface area contributed by atoms with Crippen molar-refractivity contribution in [1.29, 1.82) is 0 Å². The third kappa shape index (κ3) is 6.15. The van der Waals surface area contributed by atoms with Crippen molar-refractivity contribution < 1.29 is 29.6 Å². The first-order valence-corrected chi connectivity index (χ1v) is 9.61. The predicted octanol–water partition coefficient (Wildman–Crippen LogP) is 2.73. The number of ether oxygens (including phenoxy) is 2. The van der Waals surface area contributed by atoms with E-state index < -0.39 is 24.3 Å². The van der Waals surface area contributed by atoms with E-state index in [-0.39, 0.29) is 18.3 Å². The fourth-order valence-corrected chi connectivity index (χ4v) is 3.24. The number of carbonyl (C=O) groups excluding carboxylic acids is 1. The Labute approximate surface area is 170 Å². The summed E-state index contributed by atoms with van der Waals surface area (Å²) in [6, 6.07) is 14.3. The Kier molecular flexibility index (Phi) is 7.04. The molecule has 0 spiro atoms. The van der Waals surface area contributed by atoms with Gasteiger partial charge < -0.3 is 24.8 Å². The Hall–Kier alpha value is -2.67. The second-order valence-corrected chi connectivity index (χ2v) is 7.35. The Morgan fingerprint density at radius 3 is 2.45 bits per heavy atom. The third-order valence-electron chi connectivity index (χ3n) is 4.95. The number of hydrogen-bond acceptors (Lipinski definition) is 6. The van der Waals surface area contributed by atoms with Crippen LogP contribution in [-0.4, -0.2) is 45.7 Å². The van der Waals surface area contributed by atoms with Gasteiger partial charge in [-0.15, -0.1) is 0 Å². The maximum Gasteiger partial charge on any atom is 0.331 e. The van der Waals surface area contributed by atoms with Crippen LogP contribution in [0.15, 0.2) is 54.6 Å². The number of phenols is 1. The number of aromatic hydroxyl groups is 1. The van der Waals surface area contributed by atoms with Crippen LogP contribution in [0, 0.1) is 6.92 Å². The molecule has 0 radical (unpaired) electrons. The van der Waals surface area contributed by atoms with Gasteiger partial charge in [-0.1, -0.05) is 42.0 Å². The maximum absolute atomic E-state index is 12.1. The highest BCUT2D eigenvalue weighted by molar-refractivity contribution is 5.87. The molecule has 6 heteroatoms. The normalized spacial score (nSPS) is 24.5. The smallest absolute Gasteiger partial charge is 0.331 e. The van der Waals surface area contributed by atoms with Crippen molar-refractivity contribution in [1.82, 2.24) is 0 Å². The topological polar surface area (TPSA) is 96.2 Å². The van der Waals surface area contributed by atoms with E-state index in [1.54, 1.807) is 18.2 Å². The first-order chi connectivity index (χ1) is 13.9.